The number of ether oxygens (including phenoxy) is 1. The van der Waals surface area contributed by atoms with Crippen molar-refractivity contribution < 1.29 is 14.6 Å². The summed E-state index contributed by atoms with van der Waals surface area (Å²) in [6.45, 7) is 11.8. The van der Waals surface area contributed by atoms with E-state index in [9.17, 15) is 9.90 Å². The Morgan fingerprint density at radius 2 is 1.82 bits per heavy atom. The highest BCUT2D eigenvalue weighted by Crippen LogP contribution is 2.33. The monoisotopic (exact) mass is 243 g/mol. The zero-order valence-electron chi connectivity index (χ0n) is 11.8. The molecule has 1 fully saturated rings. The van der Waals surface area contributed by atoms with Gasteiger partial charge in [-0.15, -0.1) is 0 Å². The molecule has 0 unspecified atom stereocenters. The van der Waals surface area contributed by atoms with Crippen molar-refractivity contribution in [1.29, 1.82) is 0 Å². The molecule has 100 valence electrons. The van der Waals surface area contributed by atoms with Crippen LogP contribution in [0.3, 0.4) is 0 Å². The van der Waals surface area contributed by atoms with Gasteiger partial charge in [0.05, 0.1) is 5.60 Å². The predicted molar refractivity (Wildman–Crippen MR) is 66.8 cm³/mol. The molecule has 1 rings (SSSR count). The molecule has 0 aromatic carbocycles. The Balaban J connectivity index is 2.68. The van der Waals surface area contributed by atoms with Gasteiger partial charge in [0.15, 0.2) is 0 Å². The third-order valence-corrected chi connectivity index (χ3v) is 3.29. The molecule has 1 aliphatic rings. The van der Waals surface area contributed by atoms with Gasteiger partial charge < -0.3 is 14.7 Å². The van der Waals surface area contributed by atoms with Gasteiger partial charge in [0, 0.05) is 18.5 Å². The van der Waals surface area contributed by atoms with Gasteiger partial charge in [-0.25, -0.2) is 4.79 Å². The number of hydrogen-bond acceptors (Lipinski definition) is 3. The smallest absolute Gasteiger partial charge is 0.410 e. The molecule has 0 saturated carbocycles. The molecule has 4 nitrogen and oxygen atoms in total. The van der Waals surface area contributed by atoms with Crippen LogP contribution in [0.15, 0.2) is 0 Å². The van der Waals surface area contributed by atoms with Crippen LogP contribution in [0.1, 0.15) is 48.0 Å². The molecule has 17 heavy (non-hydrogen) atoms. The minimum absolute atomic E-state index is 0.0184. The number of rotatable bonds is 1. The normalized spacial score (nSPS) is 26.2. The quantitative estimate of drug-likeness (QED) is 0.769. The minimum atomic E-state index is -0.754. The van der Waals surface area contributed by atoms with E-state index in [0.29, 0.717) is 6.54 Å². The number of aliphatic hydroxyl groups is 1. The Morgan fingerprint density at radius 1 is 1.29 bits per heavy atom. The molecule has 0 bridgehead atoms. The molecular formula is C13H25NO3. The van der Waals surface area contributed by atoms with Gasteiger partial charge in [-0.3, -0.25) is 0 Å². The van der Waals surface area contributed by atoms with Crippen molar-refractivity contribution in [2.24, 2.45) is 5.92 Å². The van der Waals surface area contributed by atoms with Crippen molar-refractivity contribution in [3.8, 4) is 0 Å². The summed E-state index contributed by atoms with van der Waals surface area (Å²) in [6.07, 6.45) is 0.543. The fourth-order valence-electron chi connectivity index (χ4n) is 2.46. The van der Waals surface area contributed by atoms with Gasteiger partial charge in [-0.05, 0) is 48.0 Å². The first-order chi connectivity index (χ1) is 7.52. The van der Waals surface area contributed by atoms with E-state index < -0.39 is 11.2 Å². The molecule has 0 aromatic heterocycles. The van der Waals surface area contributed by atoms with Crippen LogP contribution in [0, 0.1) is 5.92 Å². The lowest BCUT2D eigenvalue weighted by atomic mass is 9.85. The average Bonchev–Trinajstić information content (AvgIpc) is 2.42. The highest BCUT2D eigenvalue weighted by atomic mass is 16.6. The van der Waals surface area contributed by atoms with Crippen molar-refractivity contribution in [3.63, 3.8) is 0 Å². The number of likely N-dealkylation sites (tertiary alicyclic amines) is 1. The zero-order chi connectivity index (χ0) is 13.4. The maximum Gasteiger partial charge on any atom is 0.410 e. The second kappa shape index (κ2) is 4.48. The highest BCUT2D eigenvalue weighted by molar-refractivity contribution is 5.69. The van der Waals surface area contributed by atoms with E-state index in [4.69, 9.17) is 4.74 Å². The Morgan fingerprint density at radius 3 is 2.18 bits per heavy atom. The highest BCUT2D eigenvalue weighted by Gasteiger charge is 2.42. The third-order valence-electron chi connectivity index (χ3n) is 3.29. The van der Waals surface area contributed by atoms with Gasteiger partial charge in [0.1, 0.15) is 5.60 Å². The average molecular weight is 243 g/mol. The van der Waals surface area contributed by atoms with Gasteiger partial charge in [-0.1, -0.05) is 0 Å². The van der Waals surface area contributed by atoms with Crippen molar-refractivity contribution in [3.05, 3.63) is 0 Å². The van der Waals surface area contributed by atoms with Gasteiger partial charge >= 0.3 is 6.09 Å². The maximum atomic E-state index is 12.0. The lowest BCUT2D eigenvalue weighted by molar-refractivity contribution is -0.00597. The minimum Gasteiger partial charge on any atom is -0.444 e. The van der Waals surface area contributed by atoms with Crippen LogP contribution in [-0.2, 0) is 4.74 Å². The van der Waals surface area contributed by atoms with Crippen LogP contribution in [0.2, 0.25) is 0 Å². The molecule has 0 spiro atoms. The lowest BCUT2D eigenvalue weighted by Crippen LogP contribution is -2.44. The summed E-state index contributed by atoms with van der Waals surface area (Å²) in [6, 6.07) is 0.0184. The van der Waals surface area contributed by atoms with E-state index in [0.717, 1.165) is 6.42 Å². The fraction of sp³-hybridized carbons (Fsp3) is 0.923. The number of hydrogen-bond donors (Lipinski definition) is 1. The Bertz CT molecular complexity index is 288. The SMILES string of the molecule is C[C@H]1[C@@H](C(C)(C)O)CCN1C(=O)OC(C)(C)C. The molecule has 1 N–H and O–H groups in total. The zero-order valence-corrected chi connectivity index (χ0v) is 11.8. The van der Waals surface area contributed by atoms with Crippen LogP contribution in [0.4, 0.5) is 4.79 Å². The topological polar surface area (TPSA) is 49.8 Å². The number of nitrogens with zero attached hydrogens (tertiary/aromatic N) is 1. The van der Waals surface area contributed by atoms with Crippen LogP contribution in [0.5, 0.6) is 0 Å². The van der Waals surface area contributed by atoms with E-state index in [2.05, 4.69) is 0 Å². The molecule has 1 saturated heterocycles. The van der Waals surface area contributed by atoms with Crippen molar-refractivity contribution in [1.82, 2.24) is 4.90 Å². The molecule has 0 aromatic rings. The van der Waals surface area contributed by atoms with Gasteiger partial charge in [0.25, 0.3) is 0 Å². The standard InChI is InChI=1S/C13H25NO3/c1-9-10(13(5,6)16)7-8-14(9)11(15)17-12(2,3)4/h9-10,16H,7-8H2,1-6H3/t9-,10-/m0/s1. The Kier molecular flexibility index (Phi) is 3.77. The molecule has 4 heteroatoms. The molecule has 2 atom stereocenters. The molecule has 1 amide bonds. The molecular weight excluding hydrogens is 218 g/mol. The van der Waals surface area contributed by atoms with E-state index in [1.165, 1.54) is 0 Å². The van der Waals surface area contributed by atoms with Crippen LogP contribution in [-0.4, -0.2) is 39.9 Å². The summed E-state index contributed by atoms with van der Waals surface area (Å²) >= 11 is 0. The largest absolute Gasteiger partial charge is 0.444 e. The van der Waals surface area contributed by atoms with E-state index >= 15 is 0 Å². The van der Waals surface area contributed by atoms with Gasteiger partial charge in [-0.2, -0.15) is 0 Å². The fourth-order valence-corrected chi connectivity index (χ4v) is 2.46. The number of amides is 1. The summed E-state index contributed by atoms with van der Waals surface area (Å²) in [7, 11) is 0. The summed E-state index contributed by atoms with van der Waals surface area (Å²) in [5.41, 5.74) is -1.22. The van der Waals surface area contributed by atoms with Crippen LogP contribution in [0.25, 0.3) is 0 Å². The molecule has 0 radical (unpaired) electrons. The molecule has 1 heterocycles. The summed E-state index contributed by atoms with van der Waals surface area (Å²) in [5.74, 6) is 0.106. The van der Waals surface area contributed by atoms with Crippen molar-refractivity contribution in [2.75, 3.05) is 6.54 Å². The third kappa shape index (κ3) is 3.60. The summed E-state index contributed by atoms with van der Waals surface area (Å²) in [5, 5.41) is 10.0. The number of carbonyl (C=O) groups is 1. The first kappa shape index (κ1) is 14.3. The van der Waals surface area contributed by atoms with Gasteiger partial charge in [0.2, 0.25) is 0 Å². The summed E-state index contributed by atoms with van der Waals surface area (Å²) < 4.78 is 5.36. The number of carbonyl (C=O) groups excluding carboxylic acids is 1. The van der Waals surface area contributed by atoms with E-state index in [1.54, 1.807) is 18.7 Å². The van der Waals surface area contributed by atoms with Crippen LogP contribution < -0.4 is 0 Å². The molecule has 1 aliphatic heterocycles. The maximum absolute atomic E-state index is 12.0. The Labute approximate surface area is 104 Å². The van der Waals surface area contributed by atoms with E-state index in [1.807, 2.05) is 27.7 Å². The van der Waals surface area contributed by atoms with Crippen LogP contribution >= 0.6 is 0 Å². The van der Waals surface area contributed by atoms with Crippen molar-refractivity contribution >= 4 is 6.09 Å². The predicted octanol–water partition coefficient (Wildman–Crippen LogP) is 2.40. The second-order valence-electron chi connectivity index (χ2n) is 6.46. The first-order valence-electron chi connectivity index (χ1n) is 6.24. The molecule has 0 aliphatic carbocycles. The Hall–Kier alpha value is -0.770. The van der Waals surface area contributed by atoms with Crippen molar-refractivity contribution in [2.45, 2.75) is 65.2 Å². The van der Waals surface area contributed by atoms with E-state index in [-0.39, 0.29) is 18.1 Å². The second-order valence-corrected chi connectivity index (χ2v) is 6.46. The first-order valence-corrected chi connectivity index (χ1v) is 6.24. The summed E-state index contributed by atoms with van der Waals surface area (Å²) in [4.78, 5) is 13.7. The lowest BCUT2D eigenvalue weighted by Gasteiger charge is -2.32.